The van der Waals surface area contributed by atoms with Gasteiger partial charge in [-0.3, -0.25) is 4.79 Å². The van der Waals surface area contributed by atoms with Crippen molar-refractivity contribution in [1.29, 1.82) is 0 Å². The largest absolute Gasteiger partial charge is 0.493 e. The molecule has 0 aliphatic heterocycles. The van der Waals surface area contributed by atoms with Crippen LogP contribution < -0.4 is 30.3 Å². The fraction of sp³-hybridized carbons (Fsp3) is 0.333. The van der Waals surface area contributed by atoms with Crippen molar-refractivity contribution in [2.24, 2.45) is 0 Å². The molecule has 0 radical (unpaired) electrons. The average Bonchev–Trinajstić information content (AvgIpc) is 3.04. The van der Waals surface area contributed by atoms with Crippen LogP contribution in [0.2, 0.25) is 0 Å². The Labute approximate surface area is 187 Å². The van der Waals surface area contributed by atoms with Crippen LogP contribution in [-0.4, -0.2) is 41.1 Å². The number of alkyl carbamates (subject to hydrolysis) is 1. The highest BCUT2D eigenvalue weighted by Gasteiger charge is 2.30. The Bertz CT molecular complexity index is 1080. The molecule has 2 aromatic carbocycles. The summed E-state index contributed by atoms with van der Waals surface area (Å²) in [6.07, 6.45) is 2.06. The van der Waals surface area contributed by atoms with Crippen LogP contribution in [0.4, 0.5) is 10.5 Å². The predicted octanol–water partition coefficient (Wildman–Crippen LogP) is 3.68. The first-order valence-electron chi connectivity index (χ1n) is 10.2. The van der Waals surface area contributed by atoms with Crippen LogP contribution in [0.25, 0.3) is 11.1 Å². The van der Waals surface area contributed by atoms with E-state index < -0.39 is 12.1 Å². The average molecular weight is 440 g/mol. The molecule has 0 aromatic heterocycles. The lowest BCUT2D eigenvalue weighted by atomic mass is 9.95. The van der Waals surface area contributed by atoms with Crippen molar-refractivity contribution in [3.63, 3.8) is 0 Å². The van der Waals surface area contributed by atoms with Gasteiger partial charge in [0.05, 0.1) is 33.1 Å². The number of rotatable bonds is 7. The van der Waals surface area contributed by atoms with Gasteiger partial charge in [0.2, 0.25) is 11.2 Å². The van der Waals surface area contributed by atoms with E-state index in [4.69, 9.17) is 18.9 Å². The zero-order valence-corrected chi connectivity index (χ0v) is 18.7. The summed E-state index contributed by atoms with van der Waals surface area (Å²) in [5.41, 5.74) is 3.41. The fourth-order valence-corrected chi connectivity index (χ4v) is 3.99. The summed E-state index contributed by atoms with van der Waals surface area (Å²) in [6.45, 7) is 3.65. The first kappa shape index (κ1) is 23.0. The number of benzene rings is 1. The minimum Gasteiger partial charge on any atom is -0.493 e. The maximum Gasteiger partial charge on any atom is 0.407 e. The Morgan fingerprint density at radius 1 is 1.16 bits per heavy atom. The predicted molar refractivity (Wildman–Crippen MR) is 123 cm³/mol. The van der Waals surface area contributed by atoms with Gasteiger partial charge < -0.3 is 29.6 Å². The standard InChI is InChI=1S/C24H28N2O6/c1-6-11-32-24(28)26-17-9-7-14-12-20(29-3)22(30-4)23(31-5)21(14)15-8-10-18(25-2)19(27)13-16(15)17/h6,8,10,12-13,17H,1,7,9,11H2,2-5H3,(H,25,27)(H,26,28)/t17-/m0/s1. The number of carbonyl (C=O) groups is 1. The number of carbonyl (C=O) groups excluding carboxylic acids is 1. The third-order valence-electron chi connectivity index (χ3n) is 5.43. The molecule has 170 valence electrons. The molecule has 1 atom stereocenters. The van der Waals surface area contributed by atoms with Crippen LogP contribution in [-0.2, 0) is 11.2 Å². The normalized spacial score (nSPS) is 14.2. The summed E-state index contributed by atoms with van der Waals surface area (Å²) < 4.78 is 22.0. The van der Waals surface area contributed by atoms with E-state index in [1.807, 2.05) is 12.1 Å². The third kappa shape index (κ3) is 4.34. The molecule has 0 unspecified atom stereocenters. The number of amides is 1. The number of hydrogen-bond acceptors (Lipinski definition) is 7. The van der Waals surface area contributed by atoms with E-state index in [-0.39, 0.29) is 12.0 Å². The quantitative estimate of drug-likeness (QED) is 0.634. The maximum absolute atomic E-state index is 12.8. The summed E-state index contributed by atoms with van der Waals surface area (Å²) in [5, 5.41) is 5.81. The van der Waals surface area contributed by atoms with Gasteiger partial charge in [0.15, 0.2) is 11.5 Å². The molecule has 0 spiro atoms. The van der Waals surface area contributed by atoms with Crippen molar-refractivity contribution in [2.75, 3.05) is 40.3 Å². The van der Waals surface area contributed by atoms with E-state index in [1.165, 1.54) is 6.08 Å². The number of ether oxygens (including phenoxy) is 4. The minimum atomic E-state index is -0.582. The van der Waals surface area contributed by atoms with Gasteiger partial charge in [0.25, 0.3) is 0 Å². The number of methoxy groups -OCH3 is 3. The Morgan fingerprint density at radius 2 is 1.91 bits per heavy atom. The molecule has 32 heavy (non-hydrogen) atoms. The van der Waals surface area contributed by atoms with E-state index in [9.17, 15) is 9.59 Å². The Kier molecular flexibility index (Phi) is 7.25. The summed E-state index contributed by atoms with van der Waals surface area (Å²) in [4.78, 5) is 25.2. The SMILES string of the molecule is C=CCOC(=O)N[C@H]1CCc2cc(OC)c(OC)c(OC)c2-c2ccc(NC)c(=O)cc21. The molecule has 2 N–H and O–H groups in total. The number of fused-ring (bicyclic) bond motifs is 3. The lowest BCUT2D eigenvalue weighted by Crippen LogP contribution is -2.29. The van der Waals surface area contributed by atoms with Crippen LogP contribution in [0.1, 0.15) is 23.6 Å². The molecule has 0 fully saturated rings. The molecule has 0 saturated heterocycles. The van der Waals surface area contributed by atoms with Gasteiger partial charge in [0.1, 0.15) is 6.61 Å². The van der Waals surface area contributed by atoms with Crippen LogP contribution in [0.5, 0.6) is 17.2 Å². The third-order valence-corrected chi connectivity index (χ3v) is 5.43. The van der Waals surface area contributed by atoms with E-state index >= 15 is 0 Å². The minimum absolute atomic E-state index is 0.0904. The highest BCUT2D eigenvalue weighted by molar-refractivity contribution is 5.83. The van der Waals surface area contributed by atoms with Crippen LogP contribution >= 0.6 is 0 Å². The second kappa shape index (κ2) is 10.1. The van der Waals surface area contributed by atoms with Gasteiger partial charge in [-0.1, -0.05) is 18.7 Å². The number of aryl methyl sites for hydroxylation is 1. The molecule has 1 aliphatic rings. The molecule has 0 heterocycles. The Balaban J connectivity index is 2.29. The van der Waals surface area contributed by atoms with Gasteiger partial charge in [-0.25, -0.2) is 4.79 Å². The highest BCUT2D eigenvalue weighted by Crippen LogP contribution is 2.50. The van der Waals surface area contributed by atoms with Gasteiger partial charge >= 0.3 is 6.09 Å². The van der Waals surface area contributed by atoms with Crippen molar-refractivity contribution >= 4 is 11.8 Å². The molecule has 8 nitrogen and oxygen atoms in total. The smallest absolute Gasteiger partial charge is 0.407 e. The van der Waals surface area contributed by atoms with Crippen LogP contribution in [0.3, 0.4) is 0 Å². The van der Waals surface area contributed by atoms with Crippen molar-refractivity contribution in [3.8, 4) is 28.4 Å². The van der Waals surface area contributed by atoms with Gasteiger partial charge in [-0.05, 0) is 47.7 Å². The van der Waals surface area contributed by atoms with Gasteiger partial charge in [-0.2, -0.15) is 0 Å². The van der Waals surface area contributed by atoms with Gasteiger partial charge in [-0.15, -0.1) is 0 Å². The molecular weight excluding hydrogens is 412 g/mol. The lowest BCUT2D eigenvalue weighted by molar-refractivity contribution is 0.153. The van der Waals surface area contributed by atoms with Crippen molar-refractivity contribution in [1.82, 2.24) is 5.32 Å². The van der Waals surface area contributed by atoms with E-state index in [1.54, 1.807) is 40.5 Å². The topological polar surface area (TPSA) is 95.1 Å². The fourth-order valence-electron chi connectivity index (χ4n) is 3.99. The molecule has 0 saturated carbocycles. The second-order valence-electron chi connectivity index (χ2n) is 7.18. The molecule has 8 heteroatoms. The molecule has 1 aliphatic carbocycles. The van der Waals surface area contributed by atoms with Gasteiger partial charge in [0, 0.05) is 12.6 Å². The lowest BCUT2D eigenvalue weighted by Gasteiger charge is -2.19. The highest BCUT2D eigenvalue weighted by atomic mass is 16.5. The number of nitrogens with one attached hydrogen (secondary N) is 2. The first-order valence-corrected chi connectivity index (χ1v) is 10.2. The summed E-state index contributed by atoms with van der Waals surface area (Å²) in [7, 11) is 6.36. The Hall–Kier alpha value is -3.68. The molecule has 1 amide bonds. The van der Waals surface area contributed by atoms with E-state index in [0.717, 1.165) is 16.7 Å². The second-order valence-corrected chi connectivity index (χ2v) is 7.18. The van der Waals surface area contributed by atoms with Crippen molar-refractivity contribution in [3.05, 3.63) is 58.3 Å². The van der Waals surface area contributed by atoms with Crippen molar-refractivity contribution in [2.45, 2.75) is 18.9 Å². The summed E-state index contributed by atoms with van der Waals surface area (Å²) >= 11 is 0. The number of hydrogen-bond donors (Lipinski definition) is 2. The first-order chi connectivity index (χ1) is 15.5. The summed E-state index contributed by atoms with van der Waals surface area (Å²) in [6, 6.07) is 6.57. The van der Waals surface area contributed by atoms with Crippen LogP contribution in [0.15, 0.2) is 41.7 Å². The molecule has 3 rings (SSSR count). The van der Waals surface area contributed by atoms with Crippen LogP contribution in [0, 0.1) is 0 Å². The van der Waals surface area contributed by atoms with E-state index in [0.29, 0.717) is 41.3 Å². The molecular formula is C24H28N2O6. The zero-order valence-electron chi connectivity index (χ0n) is 18.7. The van der Waals surface area contributed by atoms with E-state index in [2.05, 4.69) is 17.2 Å². The maximum atomic E-state index is 12.8. The zero-order chi connectivity index (χ0) is 23.3. The monoisotopic (exact) mass is 440 g/mol. The van der Waals surface area contributed by atoms with Crippen molar-refractivity contribution < 1.29 is 23.7 Å². The summed E-state index contributed by atoms with van der Waals surface area (Å²) in [5.74, 6) is 1.50. The Morgan fingerprint density at radius 3 is 2.53 bits per heavy atom. The molecule has 2 aromatic rings. The molecule has 0 bridgehead atoms. The number of anilines is 1.